The Labute approximate surface area is 171 Å². The number of benzene rings is 2. The summed E-state index contributed by atoms with van der Waals surface area (Å²) < 4.78 is 36.0. The highest BCUT2D eigenvalue weighted by molar-refractivity contribution is 7.89. The van der Waals surface area contributed by atoms with Crippen molar-refractivity contribution in [1.29, 1.82) is 0 Å². The molecule has 1 aliphatic heterocycles. The summed E-state index contributed by atoms with van der Waals surface area (Å²) in [7, 11) is -3.92. The Balaban J connectivity index is 1.62. The first-order valence-corrected chi connectivity index (χ1v) is 11.2. The number of amides is 1. The lowest BCUT2D eigenvalue weighted by Gasteiger charge is -2.23. The molecule has 0 unspecified atom stereocenters. The van der Waals surface area contributed by atoms with Crippen molar-refractivity contribution in [3.63, 3.8) is 0 Å². The standard InChI is InChI=1S/C19H18N4O4S2/c1-12(24)13-5-2-6-14(11-13)20-19(25)16-8-4-10-23(16)29(26,27)17-9-3-7-15-18(17)22-28-21-15/h2-3,5-7,9,11,16H,4,8,10H2,1H3,(H,20,25)/t16-/m1/s1. The van der Waals surface area contributed by atoms with Gasteiger partial charge in [0.05, 0.1) is 11.7 Å². The fraction of sp³-hybridized carbons (Fsp3) is 0.263. The van der Waals surface area contributed by atoms with Crippen molar-refractivity contribution in [3.8, 4) is 0 Å². The lowest BCUT2D eigenvalue weighted by molar-refractivity contribution is -0.119. The van der Waals surface area contributed by atoms with Crippen molar-refractivity contribution in [2.75, 3.05) is 11.9 Å². The summed E-state index contributed by atoms with van der Waals surface area (Å²) in [6.07, 6.45) is 0.999. The topological polar surface area (TPSA) is 109 Å². The van der Waals surface area contributed by atoms with Gasteiger partial charge in [-0.1, -0.05) is 18.2 Å². The Morgan fingerprint density at radius 1 is 1.17 bits per heavy atom. The number of fused-ring (bicyclic) bond motifs is 1. The summed E-state index contributed by atoms with van der Waals surface area (Å²) in [6, 6.07) is 10.6. The predicted molar refractivity (Wildman–Crippen MR) is 109 cm³/mol. The second-order valence-electron chi connectivity index (χ2n) is 6.79. The van der Waals surface area contributed by atoms with Crippen LogP contribution in [-0.4, -0.2) is 45.7 Å². The third kappa shape index (κ3) is 3.66. The van der Waals surface area contributed by atoms with E-state index >= 15 is 0 Å². The van der Waals surface area contributed by atoms with Crippen LogP contribution in [0.5, 0.6) is 0 Å². The molecule has 29 heavy (non-hydrogen) atoms. The van der Waals surface area contributed by atoms with Crippen LogP contribution in [0.1, 0.15) is 30.1 Å². The molecule has 1 aromatic heterocycles. The number of nitrogens with zero attached hydrogens (tertiary/aromatic N) is 3. The van der Waals surface area contributed by atoms with Gasteiger partial charge in [-0.05, 0) is 44.0 Å². The van der Waals surface area contributed by atoms with Gasteiger partial charge in [0.25, 0.3) is 0 Å². The zero-order chi connectivity index (χ0) is 20.6. The number of ketones is 1. The first kappa shape index (κ1) is 19.6. The molecule has 1 amide bonds. The number of anilines is 1. The van der Waals surface area contributed by atoms with Gasteiger partial charge in [0.15, 0.2) is 5.78 Å². The highest BCUT2D eigenvalue weighted by Crippen LogP contribution is 2.30. The summed E-state index contributed by atoms with van der Waals surface area (Å²) in [5.74, 6) is -0.536. The fourth-order valence-corrected chi connectivity index (χ4v) is 5.86. The molecule has 0 bridgehead atoms. The van der Waals surface area contributed by atoms with E-state index in [4.69, 9.17) is 0 Å². The maximum absolute atomic E-state index is 13.3. The lowest BCUT2D eigenvalue weighted by Crippen LogP contribution is -2.43. The number of Topliss-reactive ketones (excluding diaryl/α,β-unsaturated/α-hetero) is 1. The molecule has 1 atom stereocenters. The second kappa shape index (κ2) is 7.62. The number of hydrogen-bond donors (Lipinski definition) is 1. The summed E-state index contributed by atoms with van der Waals surface area (Å²) in [5.41, 5.74) is 1.76. The third-order valence-corrected chi connectivity index (χ3v) is 7.36. The summed E-state index contributed by atoms with van der Waals surface area (Å²) in [4.78, 5) is 24.5. The largest absolute Gasteiger partial charge is 0.325 e. The number of sulfonamides is 1. The SMILES string of the molecule is CC(=O)c1cccc(NC(=O)[C@H]2CCCN2S(=O)(=O)c2cccc3nsnc23)c1. The van der Waals surface area contributed by atoms with Crippen LogP contribution in [0.2, 0.25) is 0 Å². The van der Waals surface area contributed by atoms with Crippen LogP contribution in [0, 0.1) is 0 Å². The molecule has 150 valence electrons. The van der Waals surface area contributed by atoms with Crippen LogP contribution in [0.15, 0.2) is 47.4 Å². The van der Waals surface area contributed by atoms with Crippen molar-refractivity contribution in [2.24, 2.45) is 0 Å². The Bertz CT molecular complexity index is 1210. The van der Waals surface area contributed by atoms with E-state index in [-0.39, 0.29) is 17.2 Å². The molecule has 0 spiro atoms. The molecule has 3 aromatic rings. The molecule has 0 saturated carbocycles. The van der Waals surface area contributed by atoms with Crippen molar-refractivity contribution < 1.29 is 18.0 Å². The molecular weight excluding hydrogens is 412 g/mol. The van der Waals surface area contributed by atoms with Crippen LogP contribution in [0.4, 0.5) is 5.69 Å². The zero-order valence-electron chi connectivity index (χ0n) is 15.5. The summed E-state index contributed by atoms with van der Waals surface area (Å²) in [6.45, 7) is 1.70. The Morgan fingerprint density at radius 3 is 2.76 bits per heavy atom. The van der Waals surface area contributed by atoms with Gasteiger partial charge in [0.2, 0.25) is 15.9 Å². The van der Waals surface area contributed by atoms with Gasteiger partial charge in [0.1, 0.15) is 22.0 Å². The first-order chi connectivity index (χ1) is 13.9. The van der Waals surface area contributed by atoms with Gasteiger partial charge in [-0.15, -0.1) is 0 Å². The maximum Gasteiger partial charge on any atom is 0.246 e. The fourth-order valence-electron chi connectivity index (χ4n) is 3.45. The number of carbonyl (C=O) groups excluding carboxylic acids is 2. The summed E-state index contributed by atoms with van der Waals surface area (Å²) >= 11 is 0.948. The molecule has 0 aliphatic carbocycles. The van der Waals surface area contributed by atoms with Gasteiger partial charge in [0, 0.05) is 17.8 Å². The molecule has 1 N–H and O–H groups in total. The van der Waals surface area contributed by atoms with E-state index in [1.807, 2.05) is 0 Å². The van der Waals surface area contributed by atoms with E-state index in [0.29, 0.717) is 35.1 Å². The Morgan fingerprint density at radius 2 is 1.97 bits per heavy atom. The number of rotatable bonds is 5. The van der Waals surface area contributed by atoms with Gasteiger partial charge < -0.3 is 5.32 Å². The van der Waals surface area contributed by atoms with E-state index in [1.165, 1.54) is 17.3 Å². The number of aromatic nitrogens is 2. The number of nitrogens with one attached hydrogen (secondary N) is 1. The van der Waals surface area contributed by atoms with Crippen LogP contribution >= 0.6 is 11.7 Å². The van der Waals surface area contributed by atoms with Gasteiger partial charge >= 0.3 is 0 Å². The van der Waals surface area contributed by atoms with Crippen molar-refractivity contribution >= 4 is 50.2 Å². The van der Waals surface area contributed by atoms with Crippen molar-refractivity contribution in [1.82, 2.24) is 13.1 Å². The van der Waals surface area contributed by atoms with Crippen LogP contribution in [0.3, 0.4) is 0 Å². The maximum atomic E-state index is 13.3. The normalized spacial score (nSPS) is 17.5. The third-order valence-electron chi connectivity index (χ3n) is 4.88. The molecule has 2 heterocycles. The van der Waals surface area contributed by atoms with E-state index in [9.17, 15) is 18.0 Å². The average molecular weight is 431 g/mol. The van der Waals surface area contributed by atoms with Crippen molar-refractivity contribution in [2.45, 2.75) is 30.7 Å². The first-order valence-electron chi connectivity index (χ1n) is 9.03. The minimum atomic E-state index is -3.92. The molecule has 8 nitrogen and oxygen atoms in total. The van der Waals surface area contributed by atoms with E-state index < -0.39 is 22.0 Å². The molecular formula is C19H18N4O4S2. The van der Waals surface area contributed by atoms with Crippen LogP contribution in [0.25, 0.3) is 11.0 Å². The quantitative estimate of drug-likeness (QED) is 0.623. The molecule has 1 saturated heterocycles. The summed E-state index contributed by atoms with van der Waals surface area (Å²) in [5, 5.41) is 2.74. The highest BCUT2D eigenvalue weighted by atomic mass is 32.2. The Kier molecular flexibility index (Phi) is 5.15. The number of hydrogen-bond acceptors (Lipinski definition) is 7. The average Bonchev–Trinajstić information content (AvgIpc) is 3.37. The minimum Gasteiger partial charge on any atom is -0.325 e. The zero-order valence-corrected chi connectivity index (χ0v) is 17.2. The molecule has 2 aromatic carbocycles. The van der Waals surface area contributed by atoms with Gasteiger partial charge in [-0.25, -0.2) is 8.42 Å². The predicted octanol–water partition coefficient (Wildman–Crippen LogP) is 2.69. The smallest absolute Gasteiger partial charge is 0.246 e. The lowest BCUT2D eigenvalue weighted by atomic mass is 10.1. The van der Waals surface area contributed by atoms with E-state index in [0.717, 1.165) is 11.7 Å². The molecule has 1 aliphatic rings. The Hall–Kier alpha value is -2.69. The van der Waals surface area contributed by atoms with Crippen molar-refractivity contribution in [3.05, 3.63) is 48.0 Å². The monoisotopic (exact) mass is 430 g/mol. The highest BCUT2D eigenvalue weighted by Gasteiger charge is 2.40. The van der Waals surface area contributed by atoms with E-state index in [2.05, 4.69) is 14.1 Å². The number of carbonyl (C=O) groups is 2. The van der Waals surface area contributed by atoms with Gasteiger partial charge in [-0.3, -0.25) is 9.59 Å². The molecule has 1 fully saturated rings. The molecule has 4 rings (SSSR count). The van der Waals surface area contributed by atoms with Crippen LogP contribution in [-0.2, 0) is 14.8 Å². The van der Waals surface area contributed by atoms with Gasteiger partial charge in [-0.2, -0.15) is 13.1 Å². The second-order valence-corrected chi connectivity index (χ2v) is 9.18. The molecule has 0 radical (unpaired) electrons. The van der Waals surface area contributed by atoms with E-state index in [1.54, 1.807) is 36.4 Å². The minimum absolute atomic E-state index is 0.0574. The molecule has 10 heteroatoms. The van der Waals surface area contributed by atoms with Crippen LogP contribution < -0.4 is 5.32 Å².